The molecule has 122 valence electrons. The fraction of sp³-hybridized carbons (Fsp3) is 0.533. The van der Waals surface area contributed by atoms with E-state index in [9.17, 15) is 18.0 Å². The molecule has 1 atom stereocenters. The van der Waals surface area contributed by atoms with Crippen molar-refractivity contribution >= 4 is 17.5 Å². The zero-order valence-corrected chi connectivity index (χ0v) is 13.0. The molecule has 1 heterocycles. The molecule has 0 spiro atoms. The second kappa shape index (κ2) is 6.87. The molecule has 0 aromatic heterocycles. The van der Waals surface area contributed by atoms with E-state index in [0.717, 1.165) is 5.56 Å². The number of amides is 1. The summed E-state index contributed by atoms with van der Waals surface area (Å²) in [5.41, 5.74) is 1.06. The number of carbonyl (C=O) groups excluding carboxylic acids is 1. The van der Waals surface area contributed by atoms with Crippen molar-refractivity contribution in [3.05, 3.63) is 34.9 Å². The van der Waals surface area contributed by atoms with Gasteiger partial charge in [-0.2, -0.15) is 13.2 Å². The maximum atomic E-state index is 12.3. The summed E-state index contributed by atoms with van der Waals surface area (Å²) in [7, 11) is 0. The lowest BCUT2D eigenvalue weighted by molar-refractivity contribution is -0.162. The summed E-state index contributed by atoms with van der Waals surface area (Å²) < 4.78 is 36.8. The third-order valence-corrected chi connectivity index (χ3v) is 4.13. The number of halogens is 4. The first-order chi connectivity index (χ1) is 10.3. The molecule has 1 aliphatic heterocycles. The zero-order chi connectivity index (χ0) is 16.3. The van der Waals surface area contributed by atoms with E-state index in [1.807, 2.05) is 25.1 Å². The van der Waals surface area contributed by atoms with Crippen molar-refractivity contribution < 1.29 is 18.0 Å². The van der Waals surface area contributed by atoms with Crippen LogP contribution >= 0.6 is 11.6 Å². The summed E-state index contributed by atoms with van der Waals surface area (Å²) in [5.74, 6) is -0.845. The second-order valence-electron chi connectivity index (χ2n) is 5.44. The molecule has 1 amide bonds. The van der Waals surface area contributed by atoms with E-state index in [0.29, 0.717) is 31.2 Å². The molecular weight excluding hydrogens is 317 g/mol. The van der Waals surface area contributed by atoms with Gasteiger partial charge in [0.05, 0.1) is 0 Å². The predicted molar refractivity (Wildman–Crippen MR) is 78.7 cm³/mol. The topological polar surface area (TPSA) is 23.6 Å². The predicted octanol–water partition coefficient (Wildman–Crippen LogP) is 3.50. The second-order valence-corrected chi connectivity index (χ2v) is 5.88. The van der Waals surface area contributed by atoms with Crippen molar-refractivity contribution in [1.82, 2.24) is 9.80 Å². The molecule has 1 aromatic carbocycles. The van der Waals surface area contributed by atoms with E-state index in [2.05, 4.69) is 4.90 Å². The Morgan fingerprint density at radius 1 is 1.27 bits per heavy atom. The van der Waals surface area contributed by atoms with Crippen molar-refractivity contribution in [3.8, 4) is 0 Å². The van der Waals surface area contributed by atoms with Crippen LogP contribution in [0.5, 0.6) is 0 Å². The van der Waals surface area contributed by atoms with Gasteiger partial charge in [-0.05, 0) is 24.6 Å². The minimum atomic E-state index is -4.44. The molecule has 0 bridgehead atoms. The maximum absolute atomic E-state index is 12.3. The normalized spacial score (nSPS) is 18.3. The van der Waals surface area contributed by atoms with E-state index in [1.165, 1.54) is 4.90 Å². The smallest absolute Gasteiger partial charge is 0.340 e. The van der Waals surface area contributed by atoms with Crippen LogP contribution in [0.2, 0.25) is 5.02 Å². The summed E-state index contributed by atoms with van der Waals surface area (Å²) in [6, 6.07) is 7.63. The molecule has 7 heteroatoms. The number of rotatable bonds is 3. The van der Waals surface area contributed by atoms with Crippen LogP contribution in [0.4, 0.5) is 13.2 Å². The Kier molecular flexibility index (Phi) is 5.34. The van der Waals surface area contributed by atoms with Gasteiger partial charge in [0.25, 0.3) is 0 Å². The lowest BCUT2D eigenvalue weighted by Crippen LogP contribution is -2.49. The molecule has 0 radical (unpaired) electrons. The van der Waals surface area contributed by atoms with Crippen molar-refractivity contribution in [1.29, 1.82) is 0 Å². The van der Waals surface area contributed by atoms with Gasteiger partial charge < -0.3 is 4.90 Å². The third-order valence-electron chi connectivity index (χ3n) is 3.90. The molecule has 1 aromatic rings. The highest BCUT2D eigenvalue weighted by atomic mass is 35.5. The van der Waals surface area contributed by atoms with E-state index in [4.69, 9.17) is 11.6 Å². The Balaban J connectivity index is 1.90. The number of nitrogens with zero attached hydrogens (tertiary/aromatic N) is 2. The molecule has 22 heavy (non-hydrogen) atoms. The van der Waals surface area contributed by atoms with Gasteiger partial charge in [-0.3, -0.25) is 9.69 Å². The number of piperazine rings is 1. The van der Waals surface area contributed by atoms with Gasteiger partial charge in [-0.1, -0.05) is 23.7 Å². The van der Waals surface area contributed by atoms with Gasteiger partial charge in [-0.15, -0.1) is 0 Å². The molecule has 0 N–H and O–H groups in total. The summed E-state index contributed by atoms with van der Waals surface area (Å²) in [5, 5.41) is 0.656. The van der Waals surface area contributed by atoms with Gasteiger partial charge in [0.1, 0.15) is 6.42 Å². The highest BCUT2D eigenvalue weighted by molar-refractivity contribution is 6.30. The lowest BCUT2D eigenvalue weighted by Gasteiger charge is -2.38. The molecule has 0 saturated carbocycles. The summed E-state index contributed by atoms with van der Waals surface area (Å²) >= 11 is 5.98. The minimum Gasteiger partial charge on any atom is -0.340 e. The van der Waals surface area contributed by atoms with E-state index < -0.39 is 18.5 Å². The summed E-state index contributed by atoms with van der Waals surface area (Å²) in [4.78, 5) is 15.0. The van der Waals surface area contributed by atoms with Crippen molar-refractivity contribution in [2.24, 2.45) is 0 Å². The van der Waals surface area contributed by atoms with Crippen LogP contribution in [0.1, 0.15) is 24.9 Å². The highest BCUT2D eigenvalue weighted by Crippen LogP contribution is 2.25. The van der Waals surface area contributed by atoms with E-state index >= 15 is 0 Å². The van der Waals surface area contributed by atoms with Crippen LogP contribution in [0.25, 0.3) is 0 Å². The van der Waals surface area contributed by atoms with Crippen molar-refractivity contribution in [2.75, 3.05) is 26.2 Å². The number of benzene rings is 1. The first-order valence-corrected chi connectivity index (χ1v) is 7.48. The first-order valence-electron chi connectivity index (χ1n) is 7.10. The van der Waals surface area contributed by atoms with Crippen LogP contribution in [0.3, 0.4) is 0 Å². The largest absolute Gasteiger partial charge is 0.397 e. The fourth-order valence-corrected chi connectivity index (χ4v) is 2.82. The number of hydrogen-bond acceptors (Lipinski definition) is 2. The van der Waals surface area contributed by atoms with Crippen LogP contribution in [0, 0.1) is 0 Å². The maximum Gasteiger partial charge on any atom is 0.397 e. The Morgan fingerprint density at radius 2 is 1.91 bits per heavy atom. The molecule has 1 unspecified atom stereocenters. The quantitative estimate of drug-likeness (QED) is 0.844. The van der Waals surface area contributed by atoms with Gasteiger partial charge in [-0.25, -0.2) is 0 Å². The SMILES string of the molecule is CC(c1cccc(Cl)c1)N1CCN(C(=O)CC(F)(F)F)CC1. The molecule has 1 saturated heterocycles. The van der Waals surface area contributed by atoms with Gasteiger partial charge in [0.2, 0.25) is 5.91 Å². The third kappa shape index (κ3) is 4.61. The van der Waals surface area contributed by atoms with Gasteiger partial charge in [0.15, 0.2) is 0 Å². The van der Waals surface area contributed by atoms with Gasteiger partial charge >= 0.3 is 6.18 Å². The van der Waals surface area contributed by atoms with Crippen LogP contribution in [-0.2, 0) is 4.79 Å². The van der Waals surface area contributed by atoms with Crippen LogP contribution in [0.15, 0.2) is 24.3 Å². The molecule has 2 rings (SSSR count). The Labute approximate surface area is 132 Å². The Bertz CT molecular complexity index is 528. The molecule has 1 fully saturated rings. The fourth-order valence-electron chi connectivity index (χ4n) is 2.62. The number of carbonyl (C=O) groups is 1. The standard InChI is InChI=1S/C15H18ClF3N2O/c1-11(12-3-2-4-13(16)9-12)20-5-7-21(8-6-20)14(22)10-15(17,18)19/h2-4,9,11H,5-8,10H2,1H3. The lowest BCUT2D eigenvalue weighted by atomic mass is 10.1. The zero-order valence-electron chi connectivity index (χ0n) is 12.2. The number of alkyl halides is 3. The average molecular weight is 335 g/mol. The monoisotopic (exact) mass is 334 g/mol. The number of hydrogen-bond donors (Lipinski definition) is 0. The molecule has 3 nitrogen and oxygen atoms in total. The van der Waals surface area contributed by atoms with Crippen molar-refractivity contribution in [3.63, 3.8) is 0 Å². The molecule has 0 aliphatic carbocycles. The van der Waals surface area contributed by atoms with E-state index in [1.54, 1.807) is 6.07 Å². The van der Waals surface area contributed by atoms with Crippen molar-refractivity contribution in [2.45, 2.75) is 25.6 Å². The van der Waals surface area contributed by atoms with Crippen LogP contribution in [-0.4, -0.2) is 48.1 Å². The molecule has 1 aliphatic rings. The summed E-state index contributed by atoms with van der Waals surface area (Å²) in [6.45, 7) is 3.77. The minimum absolute atomic E-state index is 0.110. The van der Waals surface area contributed by atoms with Crippen LogP contribution < -0.4 is 0 Å². The Hall–Kier alpha value is -1.27. The van der Waals surface area contributed by atoms with Gasteiger partial charge in [0, 0.05) is 37.2 Å². The first kappa shape index (κ1) is 17.1. The average Bonchev–Trinajstić information content (AvgIpc) is 2.45. The molecular formula is C15H18ClF3N2O. The Morgan fingerprint density at radius 3 is 2.45 bits per heavy atom. The summed E-state index contributed by atoms with van der Waals surface area (Å²) in [6.07, 6.45) is -5.82. The highest BCUT2D eigenvalue weighted by Gasteiger charge is 2.34. The van der Waals surface area contributed by atoms with E-state index in [-0.39, 0.29) is 6.04 Å².